The molecule has 0 bridgehead atoms. The Hall–Kier alpha value is -1.42. The van der Waals surface area contributed by atoms with Crippen molar-refractivity contribution in [2.75, 3.05) is 20.1 Å². The van der Waals surface area contributed by atoms with Gasteiger partial charge in [-0.1, -0.05) is 19.8 Å². The van der Waals surface area contributed by atoms with E-state index in [0.29, 0.717) is 11.6 Å². The first-order chi connectivity index (χ1) is 10.2. The van der Waals surface area contributed by atoms with Gasteiger partial charge in [0.2, 0.25) is 0 Å². The van der Waals surface area contributed by atoms with E-state index in [-0.39, 0.29) is 0 Å². The van der Waals surface area contributed by atoms with E-state index in [2.05, 4.69) is 11.5 Å². The van der Waals surface area contributed by atoms with Gasteiger partial charge in [0, 0.05) is 31.0 Å². The molecule has 1 aromatic carbocycles. The lowest BCUT2D eigenvalue weighted by Crippen LogP contribution is -2.05. The van der Waals surface area contributed by atoms with Crippen molar-refractivity contribution in [1.82, 2.24) is 9.55 Å². The van der Waals surface area contributed by atoms with E-state index in [1.54, 1.807) is 14.2 Å². The molecule has 5 heteroatoms. The van der Waals surface area contributed by atoms with Crippen LogP contribution in [-0.4, -0.2) is 29.7 Å². The average Bonchev–Trinajstić information content (AvgIpc) is 2.83. The smallest absolute Gasteiger partial charge is 0.163 e. The van der Waals surface area contributed by atoms with Gasteiger partial charge in [-0.05, 0) is 6.42 Å². The second-order valence-electron chi connectivity index (χ2n) is 5.02. The van der Waals surface area contributed by atoms with Gasteiger partial charge in [0.25, 0.3) is 0 Å². The predicted octanol–water partition coefficient (Wildman–Crippen LogP) is 4.03. The normalized spacial score (nSPS) is 11.0. The number of nitrogens with zero attached hydrogens (tertiary/aromatic N) is 2. The molecule has 0 spiro atoms. The SMILES string of the molecule is CCCCCn1c(CCCl)nc2cc(OC)c(OC)cc21. The number of alkyl halides is 1. The molecular formula is C16H23ClN2O2. The monoisotopic (exact) mass is 310 g/mol. The molecule has 1 heterocycles. The highest BCUT2D eigenvalue weighted by Gasteiger charge is 2.14. The van der Waals surface area contributed by atoms with Crippen molar-refractivity contribution in [2.45, 2.75) is 39.2 Å². The van der Waals surface area contributed by atoms with Gasteiger partial charge in [0.15, 0.2) is 11.5 Å². The van der Waals surface area contributed by atoms with Crippen LogP contribution in [0.25, 0.3) is 11.0 Å². The van der Waals surface area contributed by atoms with E-state index in [9.17, 15) is 0 Å². The second-order valence-corrected chi connectivity index (χ2v) is 5.40. The second kappa shape index (κ2) is 7.55. The molecule has 0 saturated carbocycles. The standard InChI is InChI=1S/C16H23ClN2O2/c1-4-5-6-9-19-13-11-15(21-3)14(20-2)10-12(13)18-16(19)7-8-17/h10-11H,4-9H2,1-3H3. The summed E-state index contributed by atoms with van der Waals surface area (Å²) in [5.74, 6) is 3.05. The Labute approximate surface area is 131 Å². The van der Waals surface area contributed by atoms with E-state index >= 15 is 0 Å². The maximum absolute atomic E-state index is 5.91. The third-order valence-corrected chi connectivity index (χ3v) is 3.82. The van der Waals surface area contributed by atoms with Crippen molar-refractivity contribution in [2.24, 2.45) is 0 Å². The molecule has 0 saturated heterocycles. The highest BCUT2D eigenvalue weighted by molar-refractivity contribution is 6.17. The van der Waals surface area contributed by atoms with Crippen LogP contribution in [0, 0.1) is 0 Å². The van der Waals surface area contributed by atoms with Crippen LogP contribution in [0.1, 0.15) is 32.0 Å². The Morgan fingerprint density at radius 2 is 1.86 bits per heavy atom. The number of hydrogen-bond acceptors (Lipinski definition) is 3. The van der Waals surface area contributed by atoms with Crippen LogP contribution >= 0.6 is 11.6 Å². The van der Waals surface area contributed by atoms with E-state index in [0.717, 1.165) is 42.0 Å². The fourth-order valence-electron chi connectivity index (χ4n) is 2.55. The number of aryl methyl sites for hydroxylation is 2. The number of methoxy groups -OCH3 is 2. The molecule has 2 rings (SSSR count). The molecule has 0 radical (unpaired) electrons. The number of benzene rings is 1. The Kier molecular flexibility index (Phi) is 5.74. The number of ether oxygens (including phenoxy) is 2. The maximum Gasteiger partial charge on any atom is 0.163 e. The number of fused-ring (bicyclic) bond motifs is 1. The Morgan fingerprint density at radius 3 is 2.48 bits per heavy atom. The van der Waals surface area contributed by atoms with Crippen LogP contribution in [0.2, 0.25) is 0 Å². The summed E-state index contributed by atoms with van der Waals surface area (Å²) in [6, 6.07) is 3.94. The van der Waals surface area contributed by atoms with Gasteiger partial charge in [0.05, 0.1) is 25.3 Å². The highest BCUT2D eigenvalue weighted by Crippen LogP contribution is 2.32. The van der Waals surface area contributed by atoms with Gasteiger partial charge in [-0.3, -0.25) is 0 Å². The Morgan fingerprint density at radius 1 is 1.14 bits per heavy atom. The predicted molar refractivity (Wildman–Crippen MR) is 86.8 cm³/mol. The summed E-state index contributed by atoms with van der Waals surface area (Å²) in [5.41, 5.74) is 2.02. The number of aromatic nitrogens is 2. The molecule has 0 fully saturated rings. The fraction of sp³-hybridized carbons (Fsp3) is 0.562. The lowest BCUT2D eigenvalue weighted by atomic mass is 10.2. The minimum absolute atomic E-state index is 0.575. The topological polar surface area (TPSA) is 36.3 Å². The first kappa shape index (κ1) is 16.0. The van der Waals surface area contributed by atoms with Gasteiger partial charge < -0.3 is 14.0 Å². The van der Waals surface area contributed by atoms with Crippen molar-refractivity contribution < 1.29 is 9.47 Å². The summed E-state index contributed by atoms with van der Waals surface area (Å²) in [6.07, 6.45) is 4.33. The van der Waals surface area contributed by atoms with Crippen LogP contribution in [0.5, 0.6) is 11.5 Å². The molecule has 0 aliphatic heterocycles. The molecule has 116 valence electrons. The third kappa shape index (κ3) is 3.43. The minimum Gasteiger partial charge on any atom is -0.493 e. The van der Waals surface area contributed by atoms with Gasteiger partial charge in [-0.25, -0.2) is 4.98 Å². The van der Waals surface area contributed by atoms with Crippen molar-refractivity contribution in [3.8, 4) is 11.5 Å². The van der Waals surface area contributed by atoms with Crippen molar-refractivity contribution in [1.29, 1.82) is 0 Å². The zero-order chi connectivity index (χ0) is 15.2. The first-order valence-electron chi connectivity index (χ1n) is 7.42. The number of hydrogen-bond donors (Lipinski definition) is 0. The summed E-state index contributed by atoms with van der Waals surface area (Å²) in [7, 11) is 3.29. The lowest BCUT2D eigenvalue weighted by molar-refractivity contribution is 0.355. The van der Waals surface area contributed by atoms with Crippen molar-refractivity contribution >= 4 is 22.6 Å². The molecule has 21 heavy (non-hydrogen) atoms. The van der Waals surface area contributed by atoms with Gasteiger partial charge in [-0.15, -0.1) is 11.6 Å². The summed E-state index contributed by atoms with van der Waals surface area (Å²) >= 11 is 5.91. The molecule has 1 aromatic heterocycles. The van der Waals surface area contributed by atoms with Crippen LogP contribution in [0.3, 0.4) is 0 Å². The molecule has 0 unspecified atom stereocenters. The minimum atomic E-state index is 0.575. The summed E-state index contributed by atoms with van der Waals surface area (Å²) < 4.78 is 13.0. The first-order valence-corrected chi connectivity index (χ1v) is 7.95. The van der Waals surface area contributed by atoms with Crippen LogP contribution < -0.4 is 9.47 Å². The number of unbranched alkanes of at least 4 members (excludes halogenated alkanes) is 2. The van der Waals surface area contributed by atoms with E-state index in [1.165, 1.54) is 12.8 Å². The van der Waals surface area contributed by atoms with Crippen molar-refractivity contribution in [3.63, 3.8) is 0 Å². The molecule has 0 aliphatic carbocycles. The Balaban J connectivity index is 2.47. The molecule has 2 aromatic rings. The quantitative estimate of drug-likeness (QED) is 0.545. The van der Waals surface area contributed by atoms with E-state index in [1.807, 2.05) is 12.1 Å². The van der Waals surface area contributed by atoms with E-state index in [4.69, 9.17) is 26.1 Å². The molecule has 4 nitrogen and oxygen atoms in total. The largest absolute Gasteiger partial charge is 0.493 e. The van der Waals surface area contributed by atoms with Gasteiger partial charge in [-0.2, -0.15) is 0 Å². The number of imidazole rings is 1. The lowest BCUT2D eigenvalue weighted by Gasteiger charge is -2.10. The third-order valence-electron chi connectivity index (χ3n) is 3.64. The maximum atomic E-state index is 5.91. The summed E-state index contributed by atoms with van der Waals surface area (Å²) in [4.78, 5) is 4.71. The zero-order valence-corrected chi connectivity index (χ0v) is 13.7. The summed E-state index contributed by atoms with van der Waals surface area (Å²) in [6.45, 7) is 3.17. The zero-order valence-electron chi connectivity index (χ0n) is 13.0. The average molecular weight is 311 g/mol. The van der Waals surface area contributed by atoms with Crippen LogP contribution in [0.4, 0.5) is 0 Å². The molecule has 0 N–H and O–H groups in total. The molecular weight excluding hydrogens is 288 g/mol. The van der Waals surface area contributed by atoms with Gasteiger partial charge >= 0.3 is 0 Å². The fourth-order valence-corrected chi connectivity index (χ4v) is 2.72. The number of rotatable bonds is 8. The Bertz CT molecular complexity index is 595. The number of halogens is 1. The van der Waals surface area contributed by atoms with Crippen LogP contribution in [0.15, 0.2) is 12.1 Å². The van der Waals surface area contributed by atoms with Gasteiger partial charge in [0.1, 0.15) is 5.82 Å². The molecule has 0 amide bonds. The molecule has 0 atom stereocenters. The highest BCUT2D eigenvalue weighted by atomic mass is 35.5. The van der Waals surface area contributed by atoms with Crippen LogP contribution in [-0.2, 0) is 13.0 Å². The van der Waals surface area contributed by atoms with Crippen molar-refractivity contribution in [3.05, 3.63) is 18.0 Å². The van der Waals surface area contributed by atoms with E-state index < -0.39 is 0 Å². The molecule has 0 aliphatic rings. The summed E-state index contributed by atoms with van der Waals surface area (Å²) in [5, 5.41) is 0.